The maximum Gasteiger partial charge on any atom is 0.338 e. The average molecular weight is 503 g/mol. The number of carbonyl (C=O) groups is 2. The zero-order valence-electron chi connectivity index (χ0n) is 16.3. The van der Waals surface area contributed by atoms with Crippen molar-refractivity contribution in [1.29, 1.82) is 5.41 Å². The molecule has 0 aliphatic carbocycles. The van der Waals surface area contributed by atoms with Gasteiger partial charge in [-0.3, -0.25) is 5.41 Å². The normalized spacial score (nSPS) is 22.8. The number of rotatable bonds is 6. The second-order valence-corrected chi connectivity index (χ2v) is 8.92. The third-order valence-corrected chi connectivity index (χ3v) is 4.96. The molecule has 1 aliphatic rings. The highest BCUT2D eigenvalue weighted by atomic mass is 35.6. The number of benzene rings is 2. The van der Waals surface area contributed by atoms with E-state index in [-0.39, 0.29) is 11.1 Å². The van der Waals surface area contributed by atoms with Gasteiger partial charge >= 0.3 is 11.9 Å². The Bertz CT molecular complexity index is 953. The third-order valence-electron chi connectivity index (χ3n) is 4.44. The van der Waals surface area contributed by atoms with Crippen molar-refractivity contribution in [2.24, 2.45) is 0 Å². The minimum absolute atomic E-state index is 0.211. The van der Waals surface area contributed by atoms with Crippen molar-refractivity contribution >= 4 is 52.6 Å². The van der Waals surface area contributed by atoms with Gasteiger partial charge in [-0.2, -0.15) is 0 Å². The van der Waals surface area contributed by atoms with E-state index in [1.54, 1.807) is 36.4 Å². The molecule has 2 aromatic rings. The fourth-order valence-corrected chi connectivity index (χ4v) is 3.05. The van der Waals surface area contributed by atoms with Gasteiger partial charge in [0.15, 0.2) is 6.10 Å². The van der Waals surface area contributed by atoms with Gasteiger partial charge in [-0.25, -0.2) is 9.59 Å². The fraction of sp³-hybridized carbons (Fsp3) is 0.286. The Labute approximate surface area is 198 Å². The second-order valence-electron chi connectivity index (χ2n) is 6.64. The van der Waals surface area contributed by atoms with Crippen LogP contribution in [0.3, 0.4) is 0 Å². The molecule has 8 nitrogen and oxygen atoms in total. The van der Waals surface area contributed by atoms with Crippen molar-refractivity contribution in [2.45, 2.75) is 28.4 Å². The molecule has 2 aromatic carbocycles. The first-order valence-corrected chi connectivity index (χ1v) is 10.4. The summed E-state index contributed by atoms with van der Waals surface area (Å²) in [4.78, 5) is 25.3. The van der Waals surface area contributed by atoms with Crippen molar-refractivity contribution in [2.75, 3.05) is 6.61 Å². The van der Waals surface area contributed by atoms with Crippen molar-refractivity contribution in [3.8, 4) is 0 Å². The minimum atomic E-state index is -2.22. The lowest BCUT2D eigenvalue weighted by Gasteiger charge is -2.25. The summed E-state index contributed by atoms with van der Waals surface area (Å²) >= 11 is 17.0. The maximum atomic E-state index is 12.7. The molecule has 4 atom stereocenters. The Morgan fingerprint density at radius 3 is 1.78 bits per heavy atom. The minimum Gasteiger partial charge on any atom is -0.452 e. The Kier molecular flexibility index (Phi) is 7.97. The van der Waals surface area contributed by atoms with Gasteiger partial charge in [0.25, 0.3) is 3.79 Å². The number of hydrogen-bond acceptors (Lipinski definition) is 8. The van der Waals surface area contributed by atoms with Gasteiger partial charge in [-0.15, -0.1) is 0 Å². The van der Waals surface area contributed by atoms with Crippen LogP contribution in [0.5, 0.6) is 0 Å². The van der Waals surface area contributed by atoms with Gasteiger partial charge in [-0.1, -0.05) is 71.2 Å². The SMILES string of the molecule is N=C(O[C@@H]1O[C@@H](CO)C(OC(=O)c2ccccc2)[C@@H]1OC(=O)c1ccccc1)C(Cl)(Cl)Cl. The number of carbonyl (C=O) groups excluding carboxylic acids is 2. The lowest BCUT2D eigenvalue weighted by molar-refractivity contribution is -0.127. The third kappa shape index (κ3) is 5.90. The summed E-state index contributed by atoms with van der Waals surface area (Å²) < 4.78 is 19.6. The summed E-state index contributed by atoms with van der Waals surface area (Å²) in [5.41, 5.74) is 0.444. The summed E-state index contributed by atoms with van der Waals surface area (Å²) in [6.07, 6.45) is -5.27. The zero-order valence-corrected chi connectivity index (χ0v) is 18.6. The molecule has 11 heteroatoms. The van der Waals surface area contributed by atoms with E-state index >= 15 is 0 Å². The van der Waals surface area contributed by atoms with Crippen LogP contribution in [0, 0.1) is 5.41 Å². The lowest BCUT2D eigenvalue weighted by Crippen LogP contribution is -2.43. The first kappa shape index (κ1) is 24.3. The molecule has 2 N–H and O–H groups in total. The number of halogens is 3. The molecular weight excluding hydrogens is 485 g/mol. The van der Waals surface area contributed by atoms with E-state index in [4.69, 9.17) is 59.2 Å². The van der Waals surface area contributed by atoms with Crippen LogP contribution in [-0.2, 0) is 18.9 Å². The molecule has 1 aliphatic heterocycles. The molecule has 0 saturated carbocycles. The summed E-state index contributed by atoms with van der Waals surface area (Å²) in [7, 11) is 0. The topological polar surface area (TPSA) is 115 Å². The first-order chi connectivity index (χ1) is 15.2. The molecule has 0 radical (unpaired) electrons. The number of hydrogen-bond donors (Lipinski definition) is 2. The molecule has 0 spiro atoms. The molecule has 1 unspecified atom stereocenters. The Morgan fingerprint density at radius 2 is 1.34 bits per heavy atom. The molecule has 0 bridgehead atoms. The van der Waals surface area contributed by atoms with Crippen LogP contribution in [0.4, 0.5) is 0 Å². The van der Waals surface area contributed by atoms with Gasteiger partial charge in [0.05, 0.1) is 17.7 Å². The number of nitrogens with one attached hydrogen (secondary N) is 1. The second kappa shape index (κ2) is 10.5. The van der Waals surface area contributed by atoms with Crippen molar-refractivity contribution in [3.63, 3.8) is 0 Å². The number of aliphatic hydroxyl groups excluding tert-OH is 1. The van der Waals surface area contributed by atoms with Crippen molar-refractivity contribution in [1.82, 2.24) is 0 Å². The van der Waals surface area contributed by atoms with E-state index in [1.165, 1.54) is 24.3 Å². The van der Waals surface area contributed by atoms with Gasteiger partial charge < -0.3 is 24.1 Å². The van der Waals surface area contributed by atoms with E-state index in [9.17, 15) is 14.7 Å². The molecule has 0 aromatic heterocycles. The molecule has 1 fully saturated rings. The van der Waals surface area contributed by atoms with Crippen LogP contribution in [0.2, 0.25) is 0 Å². The van der Waals surface area contributed by atoms with Crippen LogP contribution >= 0.6 is 34.8 Å². The number of alkyl halides is 3. The summed E-state index contributed by atoms with van der Waals surface area (Å²) in [6, 6.07) is 16.1. The molecule has 32 heavy (non-hydrogen) atoms. The number of esters is 2. The summed E-state index contributed by atoms with van der Waals surface area (Å²) in [5, 5.41) is 17.6. The van der Waals surface area contributed by atoms with Crippen LogP contribution in [-0.4, -0.2) is 57.9 Å². The smallest absolute Gasteiger partial charge is 0.338 e. The van der Waals surface area contributed by atoms with Crippen molar-refractivity contribution in [3.05, 3.63) is 71.8 Å². The molecule has 170 valence electrons. The van der Waals surface area contributed by atoms with Gasteiger partial charge in [-0.05, 0) is 24.3 Å². The van der Waals surface area contributed by atoms with Crippen LogP contribution in [0.1, 0.15) is 20.7 Å². The molecular formula is C21H18Cl3NO7. The monoisotopic (exact) mass is 501 g/mol. The largest absolute Gasteiger partial charge is 0.452 e. The van der Waals surface area contributed by atoms with E-state index in [0.29, 0.717) is 0 Å². The lowest BCUT2D eigenvalue weighted by atomic mass is 10.1. The van der Waals surface area contributed by atoms with Gasteiger partial charge in [0.2, 0.25) is 18.3 Å². The van der Waals surface area contributed by atoms with Crippen molar-refractivity contribution < 1.29 is 33.6 Å². The first-order valence-electron chi connectivity index (χ1n) is 9.31. The highest BCUT2D eigenvalue weighted by Gasteiger charge is 2.52. The highest BCUT2D eigenvalue weighted by Crippen LogP contribution is 2.33. The Morgan fingerprint density at radius 1 is 0.875 bits per heavy atom. The number of ether oxygens (including phenoxy) is 4. The van der Waals surface area contributed by atoms with E-state index in [2.05, 4.69) is 0 Å². The Hall–Kier alpha value is -2.36. The predicted octanol–water partition coefficient (Wildman–Crippen LogP) is 3.52. The van der Waals surface area contributed by atoms with Gasteiger partial charge in [0, 0.05) is 0 Å². The standard InChI is InChI=1S/C21H18Cl3NO7/c22-21(23,24)20(25)32-19-16(31-18(28)13-9-5-2-6-10-13)15(14(11-26)29-19)30-17(27)12-7-3-1-4-8-12/h1-10,14-16,19,25-26H,11H2/t14-,15?,16-,19-/m0/s1. The van der Waals surface area contributed by atoms with E-state index < -0.39 is 52.8 Å². The highest BCUT2D eigenvalue weighted by molar-refractivity contribution is 6.76. The van der Waals surface area contributed by atoms with Gasteiger partial charge in [0.1, 0.15) is 6.10 Å². The fourth-order valence-electron chi connectivity index (χ4n) is 2.92. The predicted molar refractivity (Wildman–Crippen MR) is 116 cm³/mol. The summed E-state index contributed by atoms with van der Waals surface area (Å²) in [5.74, 6) is -2.32. The molecule has 0 amide bonds. The van der Waals surface area contributed by atoms with Crippen LogP contribution in [0.25, 0.3) is 0 Å². The maximum absolute atomic E-state index is 12.7. The van der Waals surface area contributed by atoms with E-state index in [0.717, 1.165) is 0 Å². The molecule has 1 heterocycles. The number of aliphatic hydroxyl groups is 1. The van der Waals surface area contributed by atoms with Crippen LogP contribution in [0.15, 0.2) is 60.7 Å². The van der Waals surface area contributed by atoms with E-state index in [1.807, 2.05) is 0 Å². The Balaban J connectivity index is 1.87. The van der Waals surface area contributed by atoms with Crippen LogP contribution < -0.4 is 0 Å². The summed E-state index contributed by atoms with van der Waals surface area (Å²) in [6.45, 7) is -0.604. The molecule has 1 saturated heterocycles. The average Bonchev–Trinajstić information content (AvgIpc) is 3.10. The zero-order chi connectivity index (χ0) is 23.3. The quantitative estimate of drug-likeness (QED) is 0.269. The molecule has 3 rings (SSSR count).